The number of carbonyl (C=O) groups is 1. The zero-order chi connectivity index (χ0) is 11.4. The number of thioether (sulfide) groups is 1. The molecule has 2 rings (SSSR count). The topological polar surface area (TPSA) is 53.8 Å². The van der Waals surface area contributed by atoms with Crippen LogP contribution in [0.4, 0.5) is 0 Å². The van der Waals surface area contributed by atoms with Gasteiger partial charge in [-0.15, -0.1) is 5.10 Å². The van der Waals surface area contributed by atoms with E-state index in [0.717, 1.165) is 11.3 Å². The number of hydrogen-bond donors (Lipinski definition) is 1. The number of amides is 1. The molecule has 0 aliphatic carbocycles. The summed E-state index contributed by atoms with van der Waals surface area (Å²) in [4.78, 5) is 10.9. The van der Waals surface area contributed by atoms with Gasteiger partial charge < -0.3 is 5.32 Å². The van der Waals surface area contributed by atoms with Gasteiger partial charge in [-0.2, -0.15) is 5.10 Å². The lowest BCUT2D eigenvalue weighted by Gasteiger charge is -1.97. The highest BCUT2D eigenvalue weighted by Gasteiger charge is 2.16. The predicted octanol–water partition coefficient (Wildman–Crippen LogP) is 1.63. The van der Waals surface area contributed by atoms with Crippen LogP contribution in [0.5, 0.6) is 0 Å². The van der Waals surface area contributed by atoms with E-state index in [2.05, 4.69) is 15.5 Å². The zero-order valence-corrected chi connectivity index (χ0v) is 9.62. The maximum atomic E-state index is 10.9. The van der Waals surface area contributed by atoms with E-state index in [1.807, 2.05) is 37.3 Å². The second kappa shape index (κ2) is 4.94. The number of amidine groups is 1. The van der Waals surface area contributed by atoms with Crippen molar-refractivity contribution in [2.45, 2.75) is 6.92 Å². The van der Waals surface area contributed by atoms with Crippen molar-refractivity contribution in [2.24, 2.45) is 10.2 Å². The summed E-state index contributed by atoms with van der Waals surface area (Å²) >= 11 is 1.37. The van der Waals surface area contributed by atoms with Crippen LogP contribution in [0.25, 0.3) is 0 Å². The molecule has 82 valence electrons. The number of nitrogens with zero attached hydrogens (tertiary/aromatic N) is 2. The van der Waals surface area contributed by atoms with Gasteiger partial charge in [0.05, 0.1) is 11.5 Å². The van der Waals surface area contributed by atoms with Crippen LogP contribution in [0.2, 0.25) is 0 Å². The highest BCUT2D eigenvalue weighted by atomic mass is 32.2. The number of hydrogen-bond acceptors (Lipinski definition) is 4. The molecule has 0 spiro atoms. The molecular formula is C11H11N3OS. The lowest BCUT2D eigenvalue weighted by molar-refractivity contribution is -0.116. The maximum absolute atomic E-state index is 10.9. The fraction of sp³-hybridized carbons (Fsp3) is 0.182. The highest BCUT2D eigenvalue weighted by molar-refractivity contribution is 8.15. The summed E-state index contributed by atoms with van der Waals surface area (Å²) in [6.07, 6.45) is 0. The Bertz CT molecular complexity index is 454. The number of benzene rings is 1. The minimum absolute atomic E-state index is 0.0173. The van der Waals surface area contributed by atoms with Gasteiger partial charge in [-0.3, -0.25) is 4.79 Å². The molecular weight excluding hydrogens is 222 g/mol. The quantitative estimate of drug-likeness (QED) is 0.623. The average Bonchev–Trinajstić information content (AvgIpc) is 2.73. The van der Waals surface area contributed by atoms with E-state index in [-0.39, 0.29) is 5.91 Å². The molecule has 1 aliphatic heterocycles. The third kappa shape index (κ3) is 2.70. The van der Waals surface area contributed by atoms with E-state index >= 15 is 0 Å². The van der Waals surface area contributed by atoms with Crippen LogP contribution < -0.4 is 5.32 Å². The molecule has 1 aromatic rings. The maximum Gasteiger partial charge on any atom is 0.236 e. The summed E-state index contributed by atoms with van der Waals surface area (Å²) in [5.41, 5.74) is 1.86. The summed E-state index contributed by atoms with van der Waals surface area (Å²) in [5.74, 6) is 0.412. The van der Waals surface area contributed by atoms with Gasteiger partial charge >= 0.3 is 0 Å². The molecule has 1 aliphatic rings. The number of carbonyl (C=O) groups excluding carboxylic acids is 1. The predicted molar refractivity (Wildman–Crippen MR) is 66.7 cm³/mol. The van der Waals surface area contributed by atoms with Crippen molar-refractivity contribution in [3.8, 4) is 0 Å². The zero-order valence-electron chi connectivity index (χ0n) is 8.80. The van der Waals surface area contributed by atoms with Gasteiger partial charge in [0, 0.05) is 0 Å². The van der Waals surface area contributed by atoms with Crippen molar-refractivity contribution in [1.29, 1.82) is 0 Å². The van der Waals surface area contributed by atoms with E-state index in [4.69, 9.17) is 0 Å². The fourth-order valence-corrected chi connectivity index (χ4v) is 1.86. The van der Waals surface area contributed by atoms with Crippen LogP contribution in [0.15, 0.2) is 40.5 Å². The van der Waals surface area contributed by atoms with Crippen LogP contribution in [-0.2, 0) is 4.79 Å². The van der Waals surface area contributed by atoms with Crippen LogP contribution in [0.3, 0.4) is 0 Å². The van der Waals surface area contributed by atoms with E-state index in [1.165, 1.54) is 11.8 Å². The van der Waals surface area contributed by atoms with Gasteiger partial charge in [-0.1, -0.05) is 42.1 Å². The molecule has 1 amide bonds. The molecule has 0 saturated carbocycles. The van der Waals surface area contributed by atoms with Gasteiger partial charge in [0.1, 0.15) is 0 Å². The third-order valence-corrected chi connectivity index (χ3v) is 2.93. The van der Waals surface area contributed by atoms with Gasteiger partial charge in [-0.25, -0.2) is 0 Å². The molecule has 16 heavy (non-hydrogen) atoms. The Labute approximate surface area is 97.8 Å². The van der Waals surface area contributed by atoms with Crippen molar-refractivity contribution in [3.63, 3.8) is 0 Å². The SMILES string of the molecule is CC(=N/N=C1/NC(=O)CS1)c1ccccc1. The summed E-state index contributed by atoms with van der Waals surface area (Å²) in [7, 11) is 0. The van der Waals surface area contributed by atoms with Crippen LogP contribution >= 0.6 is 11.8 Å². The van der Waals surface area contributed by atoms with Gasteiger partial charge in [0.25, 0.3) is 0 Å². The Morgan fingerprint density at radius 2 is 2.12 bits per heavy atom. The number of rotatable bonds is 2. The standard InChI is InChI=1S/C11H11N3OS/c1-8(9-5-3-2-4-6-9)13-14-11-12-10(15)7-16-11/h2-6H,7H2,1H3,(H,12,14,15). The Morgan fingerprint density at radius 3 is 2.75 bits per heavy atom. The summed E-state index contributed by atoms with van der Waals surface area (Å²) in [6.45, 7) is 1.89. The second-order valence-corrected chi connectivity index (χ2v) is 4.26. The molecule has 0 radical (unpaired) electrons. The molecule has 1 fully saturated rings. The molecule has 4 nitrogen and oxygen atoms in total. The van der Waals surface area contributed by atoms with Crippen molar-refractivity contribution < 1.29 is 4.79 Å². The second-order valence-electron chi connectivity index (χ2n) is 3.29. The Hall–Kier alpha value is -1.62. The Balaban J connectivity index is 2.11. The number of nitrogens with one attached hydrogen (secondary N) is 1. The molecule has 5 heteroatoms. The largest absolute Gasteiger partial charge is 0.303 e. The monoisotopic (exact) mass is 233 g/mol. The van der Waals surface area contributed by atoms with Gasteiger partial charge in [-0.05, 0) is 12.5 Å². The minimum atomic E-state index is -0.0173. The lowest BCUT2D eigenvalue weighted by Crippen LogP contribution is -2.19. The third-order valence-electron chi connectivity index (χ3n) is 2.07. The van der Waals surface area contributed by atoms with Crippen molar-refractivity contribution in [3.05, 3.63) is 35.9 Å². The van der Waals surface area contributed by atoms with Crippen molar-refractivity contribution in [1.82, 2.24) is 5.32 Å². The molecule has 0 bridgehead atoms. The fourth-order valence-electron chi connectivity index (χ4n) is 1.24. The minimum Gasteiger partial charge on any atom is -0.303 e. The molecule has 1 aromatic carbocycles. The van der Waals surface area contributed by atoms with Crippen LogP contribution in [-0.4, -0.2) is 22.5 Å². The molecule has 0 aromatic heterocycles. The smallest absolute Gasteiger partial charge is 0.236 e. The molecule has 0 atom stereocenters. The first kappa shape index (κ1) is 10.9. The molecule has 1 saturated heterocycles. The Morgan fingerprint density at radius 1 is 1.38 bits per heavy atom. The van der Waals surface area contributed by atoms with E-state index < -0.39 is 0 Å². The molecule has 1 N–H and O–H groups in total. The van der Waals surface area contributed by atoms with Crippen LogP contribution in [0, 0.1) is 0 Å². The normalized spacial score (nSPS) is 18.9. The first-order chi connectivity index (χ1) is 7.75. The first-order valence-electron chi connectivity index (χ1n) is 4.86. The van der Waals surface area contributed by atoms with Crippen LogP contribution in [0.1, 0.15) is 12.5 Å². The van der Waals surface area contributed by atoms with E-state index in [0.29, 0.717) is 10.9 Å². The molecule has 1 heterocycles. The van der Waals surface area contributed by atoms with Gasteiger partial charge in [0.2, 0.25) is 5.91 Å². The summed E-state index contributed by atoms with van der Waals surface area (Å²) in [6, 6.07) is 9.80. The van der Waals surface area contributed by atoms with Crippen molar-refractivity contribution >= 4 is 28.5 Å². The van der Waals surface area contributed by atoms with E-state index in [1.54, 1.807) is 0 Å². The van der Waals surface area contributed by atoms with Gasteiger partial charge in [0.15, 0.2) is 5.17 Å². The summed E-state index contributed by atoms with van der Waals surface area (Å²) < 4.78 is 0. The Kier molecular flexibility index (Phi) is 3.36. The lowest BCUT2D eigenvalue weighted by atomic mass is 10.1. The average molecular weight is 233 g/mol. The summed E-state index contributed by atoms with van der Waals surface area (Å²) in [5, 5.41) is 11.3. The first-order valence-corrected chi connectivity index (χ1v) is 5.84. The van der Waals surface area contributed by atoms with Crippen molar-refractivity contribution in [2.75, 3.05) is 5.75 Å². The molecule has 0 unspecified atom stereocenters. The van der Waals surface area contributed by atoms with E-state index in [9.17, 15) is 4.79 Å². The highest BCUT2D eigenvalue weighted by Crippen LogP contribution is 2.09.